The maximum absolute atomic E-state index is 13.3. The highest BCUT2D eigenvalue weighted by Gasteiger charge is 2.37. The van der Waals surface area contributed by atoms with Crippen molar-refractivity contribution < 1.29 is 18.0 Å². The van der Waals surface area contributed by atoms with Crippen molar-refractivity contribution >= 4 is 29.1 Å². The third-order valence-corrected chi connectivity index (χ3v) is 5.50. The van der Waals surface area contributed by atoms with E-state index in [4.69, 9.17) is 5.41 Å². The van der Waals surface area contributed by atoms with Gasteiger partial charge < -0.3 is 15.5 Å². The molecule has 2 aromatic rings. The highest BCUT2D eigenvalue weighted by molar-refractivity contribution is 6.02. The van der Waals surface area contributed by atoms with Gasteiger partial charge in [-0.2, -0.15) is 13.2 Å². The number of fused-ring (bicyclic) bond motifs is 1. The van der Waals surface area contributed by atoms with Crippen LogP contribution < -0.4 is 15.5 Å². The number of amides is 1. The molecule has 0 bridgehead atoms. The quantitative estimate of drug-likeness (QED) is 0.504. The van der Waals surface area contributed by atoms with Crippen LogP contribution in [0, 0.1) is 11.3 Å². The molecule has 1 saturated heterocycles. The number of alkyl halides is 3. The van der Waals surface area contributed by atoms with Gasteiger partial charge in [-0.15, -0.1) is 0 Å². The number of hydrogen-bond acceptors (Lipinski definition) is 7. The lowest BCUT2D eigenvalue weighted by Crippen LogP contribution is -2.37. The Morgan fingerprint density at radius 1 is 1.26 bits per heavy atom. The summed E-state index contributed by atoms with van der Waals surface area (Å²) in [4.78, 5) is 26.1. The third kappa shape index (κ3) is 4.06. The van der Waals surface area contributed by atoms with Crippen molar-refractivity contribution in [1.29, 1.82) is 5.41 Å². The van der Waals surface area contributed by atoms with Gasteiger partial charge in [0, 0.05) is 31.1 Å². The summed E-state index contributed by atoms with van der Waals surface area (Å²) in [5.74, 6) is 0.826. The van der Waals surface area contributed by atoms with Crippen molar-refractivity contribution in [3.05, 3.63) is 24.0 Å². The van der Waals surface area contributed by atoms with Crippen LogP contribution in [-0.2, 0) is 11.0 Å². The van der Waals surface area contributed by atoms with Crippen LogP contribution in [0.25, 0.3) is 0 Å². The van der Waals surface area contributed by atoms with E-state index >= 15 is 0 Å². The highest BCUT2D eigenvalue weighted by Crippen LogP contribution is 2.37. The molecule has 12 heteroatoms. The van der Waals surface area contributed by atoms with Gasteiger partial charge in [-0.05, 0) is 12.8 Å². The van der Waals surface area contributed by atoms with Crippen molar-refractivity contribution in [3.8, 4) is 0 Å². The van der Waals surface area contributed by atoms with Gasteiger partial charge in [0.2, 0.25) is 5.91 Å². The van der Waals surface area contributed by atoms with E-state index in [0.29, 0.717) is 43.3 Å². The lowest BCUT2D eigenvalue weighted by atomic mass is 9.95. The number of piperidine rings is 1. The number of nitrogens with one attached hydrogen (secondary N) is 3. The number of aromatic nitrogens is 4. The molecule has 0 radical (unpaired) electrons. The van der Waals surface area contributed by atoms with Crippen molar-refractivity contribution in [2.24, 2.45) is 5.92 Å². The second-order valence-corrected chi connectivity index (χ2v) is 7.98. The second kappa shape index (κ2) is 7.82. The molecule has 0 spiro atoms. The molecule has 4 heterocycles. The van der Waals surface area contributed by atoms with E-state index in [-0.39, 0.29) is 35.9 Å². The zero-order valence-electron chi connectivity index (χ0n) is 17.1. The number of carbonyl (C=O) groups excluding carboxylic acids is 1. The molecule has 0 unspecified atom stereocenters. The average Bonchev–Trinajstić information content (AvgIpc) is 3.18. The molecule has 2 aliphatic heterocycles. The largest absolute Gasteiger partial charge is 0.434 e. The Hall–Kier alpha value is -3.18. The SMILES string of the molecule is CC(C)C(=N)n1cc(C(F)(F)F)nc1C1CCN(c2ncnc3c2NC(=O)CN3)CC1. The molecule has 0 aromatic carbocycles. The van der Waals surface area contributed by atoms with Gasteiger partial charge in [-0.1, -0.05) is 13.8 Å². The zero-order valence-corrected chi connectivity index (χ0v) is 17.1. The Labute approximate surface area is 176 Å². The molecule has 166 valence electrons. The second-order valence-electron chi connectivity index (χ2n) is 7.98. The van der Waals surface area contributed by atoms with Crippen molar-refractivity contribution in [1.82, 2.24) is 19.5 Å². The van der Waals surface area contributed by atoms with Crippen LogP contribution in [0.15, 0.2) is 12.5 Å². The van der Waals surface area contributed by atoms with Crippen LogP contribution >= 0.6 is 0 Å². The van der Waals surface area contributed by atoms with Crippen LogP contribution in [0.5, 0.6) is 0 Å². The molecular formula is C19H23F3N8O. The fraction of sp³-hybridized carbons (Fsp3) is 0.526. The molecule has 2 aliphatic rings. The Kier molecular flexibility index (Phi) is 5.31. The number of carbonyl (C=O) groups is 1. The number of rotatable bonds is 3. The molecule has 0 aliphatic carbocycles. The molecule has 1 amide bonds. The summed E-state index contributed by atoms with van der Waals surface area (Å²) in [5.41, 5.74) is -0.464. The molecule has 0 saturated carbocycles. The Morgan fingerprint density at radius 2 is 1.97 bits per heavy atom. The van der Waals surface area contributed by atoms with Gasteiger partial charge >= 0.3 is 6.18 Å². The summed E-state index contributed by atoms with van der Waals surface area (Å²) in [6.45, 7) is 4.71. The smallest absolute Gasteiger partial charge is 0.359 e. The van der Waals surface area contributed by atoms with Crippen LogP contribution in [-0.4, -0.2) is 50.9 Å². The minimum absolute atomic E-state index is 0.0825. The minimum atomic E-state index is -4.57. The summed E-state index contributed by atoms with van der Waals surface area (Å²) in [7, 11) is 0. The molecule has 2 aromatic heterocycles. The van der Waals surface area contributed by atoms with Crippen LogP contribution in [0.2, 0.25) is 0 Å². The van der Waals surface area contributed by atoms with Gasteiger partial charge in [-0.3, -0.25) is 14.8 Å². The summed E-state index contributed by atoms with van der Waals surface area (Å²) < 4.78 is 41.1. The Morgan fingerprint density at radius 3 is 2.61 bits per heavy atom. The molecule has 1 fully saturated rings. The first-order valence-corrected chi connectivity index (χ1v) is 10.0. The lowest BCUT2D eigenvalue weighted by Gasteiger charge is -2.34. The fourth-order valence-electron chi connectivity index (χ4n) is 3.85. The average molecular weight is 436 g/mol. The number of halogens is 3. The molecule has 31 heavy (non-hydrogen) atoms. The van der Waals surface area contributed by atoms with Gasteiger partial charge in [-0.25, -0.2) is 15.0 Å². The molecular weight excluding hydrogens is 413 g/mol. The Balaban J connectivity index is 1.57. The first-order chi connectivity index (χ1) is 14.6. The van der Waals surface area contributed by atoms with Crippen molar-refractivity contribution in [2.45, 2.75) is 38.8 Å². The zero-order chi connectivity index (χ0) is 22.3. The number of nitrogens with zero attached hydrogens (tertiary/aromatic N) is 5. The van der Waals surface area contributed by atoms with E-state index < -0.39 is 11.9 Å². The van der Waals surface area contributed by atoms with Crippen molar-refractivity contribution in [2.75, 3.05) is 35.2 Å². The monoisotopic (exact) mass is 436 g/mol. The molecule has 3 N–H and O–H groups in total. The van der Waals surface area contributed by atoms with E-state index in [0.717, 1.165) is 6.20 Å². The molecule has 4 rings (SSSR count). The van der Waals surface area contributed by atoms with Gasteiger partial charge in [0.05, 0.1) is 6.54 Å². The van der Waals surface area contributed by atoms with E-state index in [2.05, 4.69) is 25.6 Å². The number of imidazole rings is 1. The first kappa shape index (κ1) is 21.1. The molecule has 9 nitrogen and oxygen atoms in total. The van der Waals surface area contributed by atoms with E-state index in [1.807, 2.05) is 4.90 Å². The summed E-state index contributed by atoms with van der Waals surface area (Å²) >= 11 is 0. The van der Waals surface area contributed by atoms with Gasteiger partial charge in [0.15, 0.2) is 17.3 Å². The van der Waals surface area contributed by atoms with E-state index in [1.165, 1.54) is 10.9 Å². The summed E-state index contributed by atoms with van der Waals surface area (Å²) in [5, 5.41) is 14.0. The van der Waals surface area contributed by atoms with Gasteiger partial charge in [0.1, 0.15) is 23.7 Å². The number of hydrogen-bond donors (Lipinski definition) is 3. The van der Waals surface area contributed by atoms with Crippen LogP contribution in [0.4, 0.5) is 30.5 Å². The normalized spacial score (nSPS) is 17.4. The predicted molar refractivity (Wildman–Crippen MR) is 109 cm³/mol. The minimum Gasteiger partial charge on any atom is -0.359 e. The summed E-state index contributed by atoms with van der Waals surface area (Å²) in [6, 6.07) is 0. The third-order valence-electron chi connectivity index (χ3n) is 5.50. The standard InChI is InChI=1S/C19H23F3N8O/c1-10(2)15(23)30-8-12(19(20,21)22)27-17(30)11-3-5-29(6-4-11)18-14-16(25-9-26-18)24-7-13(31)28-14/h8-11,23H,3-7H2,1-2H3,(H,28,31)(H,24,25,26). The Bertz CT molecular complexity index is 1010. The van der Waals surface area contributed by atoms with E-state index in [9.17, 15) is 18.0 Å². The summed E-state index contributed by atoms with van der Waals surface area (Å²) in [6.07, 6.45) is -1.15. The number of anilines is 3. The topological polar surface area (TPSA) is 112 Å². The lowest BCUT2D eigenvalue weighted by molar-refractivity contribution is -0.141. The maximum Gasteiger partial charge on any atom is 0.434 e. The predicted octanol–water partition coefficient (Wildman–Crippen LogP) is 2.92. The molecule has 0 atom stereocenters. The van der Waals surface area contributed by atoms with Crippen LogP contribution in [0.1, 0.15) is 44.1 Å². The fourth-order valence-corrected chi connectivity index (χ4v) is 3.85. The van der Waals surface area contributed by atoms with Gasteiger partial charge in [0.25, 0.3) is 0 Å². The highest BCUT2D eigenvalue weighted by atomic mass is 19.4. The van der Waals surface area contributed by atoms with Crippen molar-refractivity contribution in [3.63, 3.8) is 0 Å². The van der Waals surface area contributed by atoms with Crippen LogP contribution in [0.3, 0.4) is 0 Å². The maximum atomic E-state index is 13.3. The first-order valence-electron chi connectivity index (χ1n) is 10.0. The van der Waals surface area contributed by atoms with E-state index in [1.54, 1.807) is 13.8 Å².